The van der Waals surface area contributed by atoms with E-state index in [1.807, 2.05) is 13.8 Å². The first-order valence-electron chi connectivity index (χ1n) is 16.8. The van der Waals surface area contributed by atoms with Crippen molar-refractivity contribution in [3.63, 3.8) is 0 Å². The molecule has 0 saturated carbocycles. The summed E-state index contributed by atoms with van der Waals surface area (Å²) in [7, 11) is 0. The molecule has 0 aliphatic heterocycles. The molecule has 0 fully saturated rings. The predicted molar refractivity (Wildman–Crippen MR) is 193 cm³/mol. The zero-order chi connectivity index (χ0) is 39.3. The summed E-state index contributed by atoms with van der Waals surface area (Å²) >= 11 is 0. The minimum absolute atomic E-state index is 0.0216. The molecule has 52 heavy (non-hydrogen) atoms. The number of anilines is 1. The van der Waals surface area contributed by atoms with Crippen LogP contribution in [-0.2, 0) is 23.9 Å². The largest absolute Gasteiger partial charge is 0.444 e. The number of rotatable bonds is 17. The van der Waals surface area contributed by atoms with Gasteiger partial charge < -0.3 is 57.4 Å². The van der Waals surface area contributed by atoms with Gasteiger partial charge >= 0.3 is 11.7 Å². The number of carbonyl (C=O) groups excluding carboxylic acids is 5. The van der Waals surface area contributed by atoms with E-state index in [1.165, 1.54) is 19.1 Å². The molecule has 0 saturated heterocycles. The molecular formula is C34H52N8O10. The summed E-state index contributed by atoms with van der Waals surface area (Å²) in [5, 5.41) is 33.5. The summed E-state index contributed by atoms with van der Waals surface area (Å²) in [6, 6.07) is 0.438. The van der Waals surface area contributed by atoms with E-state index in [4.69, 9.17) is 20.6 Å². The fourth-order valence-electron chi connectivity index (χ4n) is 4.94. The number of fused-ring (bicyclic) bond motifs is 1. The van der Waals surface area contributed by atoms with Crippen LogP contribution in [0.25, 0.3) is 11.0 Å². The highest BCUT2D eigenvalue weighted by Gasteiger charge is 2.34. The van der Waals surface area contributed by atoms with E-state index in [9.17, 15) is 39.0 Å². The lowest BCUT2D eigenvalue weighted by molar-refractivity contribution is -0.136. The van der Waals surface area contributed by atoms with Gasteiger partial charge in [-0.1, -0.05) is 13.8 Å². The summed E-state index contributed by atoms with van der Waals surface area (Å²) in [5.74, 6) is -3.70. The van der Waals surface area contributed by atoms with Crippen LogP contribution in [0.4, 0.5) is 10.5 Å². The van der Waals surface area contributed by atoms with Gasteiger partial charge in [-0.2, -0.15) is 0 Å². The molecule has 0 unspecified atom stereocenters. The number of aliphatic hydroxyl groups excluding tert-OH is 2. The summed E-state index contributed by atoms with van der Waals surface area (Å²) in [6.07, 6.45) is -1.93. The maximum atomic E-state index is 13.5. The van der Waals surface area contributed by atoms with Gasteiger partial charge in [0.1, 0.15) is 35.4 Å². The van der Waals surface area contributed by atoms with Crippen molar-refractivity contribution in [1.82, 2.24) is 21.3 Å². The average molecular weight is 733 g/mol. The van der Waals surface area contributed by atoms with Gasteiger partial charge in [0.05, 0.1) is 12.7 Å². The third-order valence-corrected chi connectivity index (χ3v) is 7.39. The molecule has 288 valence electrons. The first-order chi connectivity index (χ1) is 24.2. The molecule has 0 radical (unpaired) electrons. The zero-order valence-electron chi connectivity index (χ0n) is 30.6. The normalized spacial score (nSPS) is 14.3. The first kappa shape index (κ1) is 42.9. The summed E-state index contributed by atoms with van der Waals surface area (Å²) < 4.78 is 10.5. The molecule has 0 aliphatic rings. The second kappa shape index (κ2) is 19.4. The van der Waals surface area contributed by atoms with Crippen LogP contribution in [0, 0.1) is 12.8 Å². The number of guanidine groups is 1. The molecule has 1 heterocycles. The summed E-state index contributed by atoms with van der Waals surface area (Å²) in [4.78, 5) is 81.5. The van der Waals surface area contributed by atoms with Crippen molar-refractivity contribution in [3.05, 3.63) is 40.2 Å². The van der Waals surface area contributed by atoms with Crippen LogP contribution in [-0.4, -0.2) is 94.9 Å². The van der Waals surface area contributed by atoms with Gasteiger partial charge in [0.15, 0.2) is 5.96 Å². The SMILES string of the molecule is Cc1cc(=O)oc2cc(NC(=O)[C@H](CCCN=C(N)N)NC(=O)[C@H](NC(=O)[C@H](CO)NC(=O)[C@H](CC(C)C)NC(=O)OC(C)(C)C)[C@H](C)O)ccc12. The lowest BCUT2D eigenvalue weighted by Gasteiger charge is -2.27. The number of benzene rings is 1. The quantitative estimate of drug-likeness (QED) is 0.0445. The molecule has 11 N–H and O–H groups in total. The minimum atomic E-state index is -1.64. The molecule has 1 aromatic carbocycles. The van der Waals surface area contributed by atoms with Crippen LogP contribution in [0.1, 0.15) is 66.4 Å². The summed E-state index contributed by atoms with van der Waals surface area (Å²) in [5.41, 5.74) is 10.5. The zero-order valence-corrected chi connectivity index (χ0v) is 30.6. The van der Waals surface area contributed by atoms with Crippen molar-refractivity contribution in [2.45, 2.75) is 104 Å². The smallest absolute Gasteiger partial charge is 0.408 e. The van der Waals surface area contributed by atoms with E-state index < -0.39 is 77.8 Å². The van der Waals surface area contributed by atoms with Crippen LogP contribution < -0.4 is 43.7 Å². The first-order valence-corrected chi connectivity index (χ1v) is 16.8. The van der Waals surface area contributed by atoms with E-state index in [1.54, 1.807) is 39.8 Å². The average Bonchev–Trinajstić information content (AvgIpc) is 3.01. The van der Waals surface area contributed by atoms with E-state index in [2.05, 4.69) is 31.6 Å². The highest BCUT2D eigenvalue weighted by molar-refractivity contribution is 6.00. The highest BCUT2D eigenvalue weighted by Crippen LogP contribution is 2.21. The van der Waals surface area contributed by atoms with Crippen molar-refractivity contribution < 1.29 is 43.3 Å². The number of aliphatic hydroxyl groups is 2. The van der Waals surface area contributed by atoms with Crippen molar-refractivity contribution in [3.8, 4) is 0 Å². The van der Waals surface area contributed by atoms with Crippen LogP contribution in [0.15, 0.2) is 38.5 Å². The molecule has 0 spiro atoms. The predicted octanol–water partition coefficient (Wildman–Crippen LogP) is -0.140. The molecular weight excluding hydrogens is 680 g/mol. The Balaban J connectivity index is 2.23. The maximum absolute atomic E-state index is 13.5. The molecule has 5 atom stereocenters. The van der Waals surface area contributed by atoms with Crippen molar-refractivity contribution >= 4 is 52.3 Å². The number of nitrogens with zero attached hydrogens (tertiary/aromatic N) is 1. The van der Waals surface area contributed by atoms with Crippen molar-refractivity contribution in [1.29, 1.82) is 0 Å². The highest BCUT2D eigenvalue weighted by atomic mass is 16.6. The molecule has 2 aromatic rings. The van der Waals surface area contributed by atoms with Crippen molar-refractivity contribution in [2.24, 2.45) is 22.4 Å². The monoisotopic (exact) mass is 732 g/mol. The second-order valence-electron chi connectivity index (χ2n) is 13.8. The number of aryl methyl sites for hydroxylation is 1. The van der Waals surface area contributed by atoms with Crippen LogP contribution in [0.3, 0.4) is 0 Å². The van der Waals surface area contributed by atoms with E-state index >= 15 is 0 Å². The lowest BCUT2D eigenvalue weighted by atomic mass is 10.0. The Morgan fingerprint density at radius 3 is 2.12 bits per heavy atom. The van der Waals surface area contributed by atoms with Gasteiger partial charge in [0, 0.05) is 29.8 Å². The van der Waals surface area contributed by atoms with Gasteiger partial charge in [-0.3, -0.25) is 24.2 Å². The molecule has 0 aliphatic carbocycles. The number of hydrogen-bond acceptors (Lipinski definition) is 11. The van der Waals surface area contributed by atoms with Crippen LogP contribution in [0.2, 0.25) is 0 Å². The van der Waals surface area contributed by atoms with Crippen LogP contribution >= 0.6 is 0 Å². The topological polar surface area (TPSA) is 290 Å². The number of aliphatic imine (C=N–C) groups is 1. The standard InChI is InChI=1S/C34H52N8O10/c1-17(2)13-23(41-33(50)52-34(5,6)7)29(47)40-24(16-43)30(48)42-27(19(4)44)31(49)39-22(9-8-12-37-32(35)36)28(46)38-20-10-11-21-18(3)14-26(45)51-25(21)15-20/h10-11,14-15,17,19,22-24,27,43-44H,8-9,12-13,16H2,1-7H3,(H,38,46)(H,39,49)(H,40,47)(H,41,50)(H,42,48)(H4,35,36,37)/t19-,22-,23-,24-,27+/m0/s1. The second-order valence-corrected chi connectivity index (χ2v) is 13.8. The van der Waals surface area contributed by atoms with Gasteiger partial charge in [0.2, 0.25) is 23.6 Å². The number of nitrogens with two attached hydrogens (primary N) is 2. The van der Waals surface area contributed by atoms with E-state index in [0.29, 0.717) is 10.9 Å². The van der Waals surface area contributed by atoms with Crippen LogP contribution in [0.5, 0.6) is 0 Å². The Bertz CT molecular complexity index is 1660. The fraction of sp³-hybridized carbons (Fsp3) is 0.559. The van der Waals surface area contributed by atoms with E-state index in [-0.39, 0.29) is 49.0 Å². The molecule has 18 heteroatoms. The van der Waals surface area contributed by atoms with Crippen molar-refractivity contribution in [2.75, 3.05) is 18.5 Å². The molecule has 2 rings (SSSR count). The number of alkyl carbamates (subject to hydrolysis) is 1. The maximum Gasteiger partial charge on any atom is 0.408 e. The Morgan fingerprint density at radius 1 is 0.904 bits per heavy atom. The number of nitrogens with one attached hydrogen (secondary N) is 5. The minimum Gasteiger partial charge on any atom is -0.444 e. The Labute approximate surface area is 301 Å². The Morgan fingerprint density at radius 2 is 1.54 bits per heavy atom. The fourth-order valence-corrected chi connectivity index (χ4v) is 4.94. The summed E-state index contributed by atoms with van der Waals surface area (Å²) in [6.45, 7) is 10.8. The Hall–Kier alpha value is -5.23. The van der Waals surface area contributed by atoms with Gasteiger partial charge in [-0.05, 0) is 77.5 Å². The third kappa shape index (κ3) is 14.2. The van der Waals surface area contributed by atoms with Gasteiger partial charge in [-0.15, -0.1) is 0 Å². The molecule has 0 bridgehead atoms. The molecule has 1 aromatic heterocycles. The number of carbonyl (C=O) groups is 5. The number of amides is 5. The molecule has 18 nitrogen and oxygen atoms in total. The van der Waals surface area contributed by atoms with Gasteiger partial charge in [-0.25, -0.2) is 9.59 Å². The van der Waals surface area contributed by atoms with E-state index in [0.717, 1.165) is 0 Å². The lowest BCUT2D eigenvalue weighted by Crippen LogP contribution is -2.61. The van der Waals surface area contributed by atoms with Gasteiger partial charge in [0.25, 0.3) is 0 Å². The third-order valence-electron chi connectivity index (χ3n) is 7.39. The Kier molecular flexibility index (Phi) is 16.0. The number of hydrogen-bond donors (Lipinski definition) is 9. The molecule has 5 amide bonds. The number of ether oxygens (including phenoxy) is 1.